The molecule has 0 radical (unpaired) electrons. The zero-order valence-electron chi connectivity index (χ0n) is 12.5. The lowest BCUT2D eigenvalue weighted by Gasteiger charge is -2.20. The van der Waals surface area contributed by atoms with Gasteiger partial charge in [0.1, 0.15) is 12.7 Å². The Morgan fingerprint density at radius 1 is 1.40 bits per heavy atom. The van der Waals surface area contributed by atoms with E-state index in [1.54, 1.807) is 11.0 Å². The number of aromatic nitrogens is 3. The highest BCUT2D eigenvalue weighted by Crippen LogP contribution is 2.11. The van der Waals surface area contributed by atoms with Crippen molar-refractivity contribution in [1.29, 1.82) is 0 Å². The zero-order chi connectivity index (χ0) is 14.3. The van der Waals surface area contributed by atoms with Crippen LogP contribution in [0.1, 0.15) is 33.6 Å². The minimum absolute atomic E-state index is 0. The van der Waals surface area contributed by atoms with Crippen molar-refractivity contribution in [3.8, 4) is 0 Å². The van der Waals surface area contributed by atoms with Crippen LogP contribution in [-0.2, 0) is 11.3 Å². The second-order valence-corrected chi connectivity index (χ2v) is 5.42. The molecule has 0 fully saturated rings. The summed E-state index contributed by atoms with van der Waals surface area (Å²) in [5.41, 5.74) is 5.67. The van der Waals surface area contributed by atoms with Gasteiger partial charge in [0.05, 0.1) is 5.92 Å². The summed E-state index contributed by atoms with van der Waals surface area (Å²) < 4.78 is 1.76. The number of hydrogen-bond donors (Lipinski definition) is 2. The third kappa shape index (κ3) is 6.86. The van der Waals surface area contributed by atoms with Crippen molar-refractivity contribution in [3.63, 3.8) is 0 Å². The van der Waals surface area contributed by atoms with Crippen LogP contribution < -0.4 is 11.1 Å². The number of aryl methyl sites for hydroxylation is 1. The highest BCUT2D eigenvalue weighted by atomic mass is 35.5. The van der Waals surface area contributed by atoms with Crippen LogP contribution in [0.15, 0.2) is 12.7 Å². The molecule has 1 rings (SSSR count). The Kier molecular flexibility index (Phi) is 9.16. The highest BCUT2D eigenvalue weighted by Gasteiger charge is 2.19. The first-order valence-electron chi connectivity index (χ1n) is 6.85. The van der Waals surface area contributed by atoms with Gasteiger partial charge in [-0.25, -0.2) is 4.98 Å². The van der Waals surface area contributed by atoms with Crippen molar-refractivity contribution < 1.29 is 4.79 Å². The van der Waals surface area contributed by atoms with E-state index in [0.717, 1.165) is 19.4 Å². The van der Waals surface area contributed by atoms with Crippen molar-refractivity contribution in [2.45, 2.75) is 46.2 Å². The average molecular weight is 304 g/mol. The van der Waals surface area contributed by atoms with Gasteiger partial charge in [-0.1, -0.05) is 13.8 Å². The van der Waals surface area contributed by atoms with E-state index >= 15 is 0 Å². The number of carbonyl (C=O) groups excluding carboxylic acids is 1. The molecule has 7 heteroatoms. The standard InChI is InChI=1S/C13H25N5O.ClH/c1-10(2)6-12(7-14)13(19)17-11(3)4-5-18-9-15-8-16-18;/h8-12H,4-7,14H2,1-3H3,(H,17,19);1H. The van der Waals surface area contributed by atoms with Gasteiger partial charge < -0.3 is 11.1 Å². The van der Waals surface area contributed by atoms with Gasteiger partial charge in [0.15, 0.2) is 0 Å². The lowest BCUT2D eigenvalue weighted by Crippen LogP contribution is -2.40. The first-order chi connectivity index (χ1) is 9.02. The van der Waals surface area contributed by atoms with Crippen LogP contribution in [0.4, 0.5) is 0 Å². The zero-order valence-corrected chi connectivity index (χ0v) is 13.3. The van der Waals surface area contributed by atoms with Gasteiger partial charge in [0.25, 0.3) is 0 Å². The number of nitrogens with one attached hydrogen (secondary N) is 1. The van der Waals surface area contributed by atoms with Crippen molar-refractivity contribution in [2.24, 2.45) is 17.6 Å². The number of hydrogen-bond acceptors (Lipinski definition) is 4. The van der Waals surface area contributed by atoms with E-state index in [-0.39, 0.29) is 30.3 Å². The lowest BCUT2D eigenvalue weighted by atomic mass is 9.96. The monoisotopic (exact) mass is 303 g/mol. The first-order valence-corrected chi connectivity index (χ1v) is 6.85. The molecular formula is C13H26ClN5O. The molecule has 1 aromatic rings. The molecule has 6 nitrogen and oxygen atoms in total. The largest absolute Gasteiger partial charge is 0.353 e. The van der Waals surface area contributed by atoms with E-state index in [0.29, 0.717) is 12.5 Å². The van der Waals surface area contributed by atoms with E-state index in [1.807, 2.05) is 6.92 Å². The van der Waals surface area contributed by atoms with Gasteiger partial charge in [-0.3, -0.25) is 9.48 Å². The SMILES string of the molecule is CC(C)CC(CN)C(=O)NC(C)CCn1cncn1.Cl. The summed E-state index contributed by atoms with van der Waals surface area (Å²) in [5.74, 6) is 0.445. The first kappa shape index (κ1) is 18.9. The molecule has 0 aliphatic rings. The number of amides is 1. The summed E-state index contributed by atoms with van der Waals surface area (Å²) in [5, 5.41) is 7.05. The van der Waals surface area contributed by atoms with Gasteiger partial charge in [0.2, 0.25) is 5.91 Å². The Bertz CT molecular complexity index is 369. The molecule has 0 aliphatic carbocycles. The molecule has 1 aromatic heterocycles. The molecule has 0 aliphatic heterocycles. The number of nitrogens with two attached hydrogens (primary N) is 1. The smallest absolute Gasteiger partial charge is 0.224 e. The molecule has 2 unspecified atom stereocenters. The van der Waals surface area contributed by atoms with E-state index in [9.17, 15) is 4.79 Å². The second-order valence-electron chi connectivity index (χ2n) is 5.42. The topological polar surface area (TPSA) is 85.8 Å². The van der Waals surface area contributed by atoms with E-state index < -0.39 is 0 Å². The van der Waals surface area contributed by atoms with Gasteiger partial charge in [0, 0.05) is 19.1 Å². The Morgan fingerprint density at radius 3 is 2.60 bits per heavy atom. The quantitative estimate of drug-likeness (QED) is 0.756. The summed E-state index contributed by atoms with van der Waals surface area (Å²) >= 11 is 0. The summed E-state index contributed by atoms with van der Waals surface area (Å²) in [4.78, 5) is 15.9. The van der Waals surface area contributed by atoms with Crippen LogP contribution >= 0.6 is 12.4 Å². The van der Waals surface area contributed by atoms with Gasteiger partial charge in [-0.2, -0.15) is 5.10 Å². The van der Waals surface area contributed by atoms with Crippen LogP contribution in [0, 0.1) is 11.8 Å². The molecule has 0 saturated carbocycles. The minimum Gasteiger partial charge on any atom is -0.353 e. The molecule has 1 amide bonds. The van der Waals surface area contributed by atoms with Gasteiger partial charge >= 0.3 is 0 Å². The summed E-state index contributed by atoms with van der Waals surface area (Å²) in [6.45, 7) is 7.35. The number of rotatable bonds is 8. The molecule has 0 spiro atoms. The Labute approximate surface area is 126 Å². The third-order valence-corrected chi connectivity index (χ3v) is 3.06. The Balaban J connectivity index is 0.00000361. The molecule has 0 aromatic carbocycles. The maximum absolute atomic E-state index is 12.1. The fraction of sp³-hybridized carbons (Fsp3) is 0.769. The predicted molar refractivity (Wildman–Crippen MR) is 81.5 cm³/mol. The maximum Gasteiger partial charge on any atom is 0.224 e. The molecule has 3 N–H and O–H groups in total. The van der Waals surface area contributed by atoms with Crippen LogP contribution in [0.25, 0.3) is 0 Å². The van der Waals surface area contributed by atoms with Gasteiger partial charge in [-0.05, 0) is 25.7 Å². The van der Waals surface area contributed by atoms with Crippen LogP contribution in [0.5, 0.6) is 0 Å². The second kappa shape index (κ2) is 9.72. The molecule has 20 heavy (non-hydrogen) atoms. The minimum atomic E-state index is -0.0891. The Hall–Kier alpha value is -1.14. The molecular weight excluding hydrogens is 278 g/mol. The summed E-state index contributed by atoms with van der Waals surface area (Å²) in [6.07, 6.45) is 4.85. The predicted octanol–water partition coefficient (Wildman–Crippen LogP) is 1.22. The van der Waals surface area contributed by atoms with E-state index in [2.05, 4.69) is 29.2 Å². The van der Waals surface area contributed by atoms with Crippen molar-refractivity contribution in [2.75, 3.05) is 6.54 Å². The van der Waals surface area contributed by atoms with E-state index in [4.69, 9.17) is 5.73 Å². The molecule has 1 heterocycles. The fourth-order valence-corrected chi connectivity index (χ4v) is 1.99. The number of carbonyl (C=O) groups is 1. The highest BCUT2D eigenvalue weighted by molar-refractivity contribution is 5.85. The maximum atomic E-state index is 12.1. The van der Waals surface area contributed by atoms with E-state index in [1.165, 1.54) is 6.33 Å². The molecule has 0 bridgehead atoms. The van der Waals surface area contributed by atoms with Crippen molar-refractivity contribution >= 4 is 18.3 Å². The normalized spacial score (nSPS) is 13.7. The molecule has 0 saturated heterocycles. The van der Waals surface area contributed by atoms with Gasteiger partial charge in [-0.15, -0.1) is 12.4 Å². The van der Waals surface area contributed by atoms with Crippen LogP contribution in [-0.4, -0.2) is 33.3 Å². The summed E-state index contributed by atoms with van der Waals surface area (Å²) in [7, 11) is 0. The Morgan fingerprint density at radius 2 is 2.10 bits per heavy atom. The molecule has 2 atom stereocenters. The number of halogens is 1. The summed E-state index contributed by atoms with van der Waals surface area (Å²) in [6, 6.07) is 0.109. The van der Waals surface area contributed by atoms with Crippen LogP contribution in [0.2, 0.25) is 0 Å². The third-order valence-electron chi connectivity index (χ3n) is 3.06. The molecule has 116 valence electrons. The fourth-order valence-electron chi connectivity index (χ4n) is 1.99. The number of nitrogens with zero attached hydrogens (tertiary/aromatic N) is 3. The van der Waals surface area contributed by atoms with Crippen LogP contribution in [0.3, 0.4) is 0 Å². The average Bonchev–Trinajstić information content (AvgIpc) is 2.86. The van der Waals surface area contributed by atoms with Crippen molar-refractivity contribution in [1.82, 2.24) is 20.1 Å². The van der Waals surface area contributed by atoms with Crippen molar-refractivity contribution in [3.05, 3.63) is 12.7 Å². The lowest BCUT2D eigenvalue weighted by molar-refractivity contribution is -0.125.